The van der Waals surface area contributed by atoms with Crippen molar-refractivity contribution in [1.29, 1.82) is 0 Å². The Hall–Kier alpha value is -0.0800. The van der Waals surface area contributed by atoms with Crippen LogP contribution in [0, 0.1) is 5.41 Å². The third kappa shape index (κ3) is 0.700. The largest absolute Gasteiger partial charge is 0.395 e. The third-order valence-electron chi connectivity index (χ3n) is 2.72. The van der Waals surface area contributed by atoms with Gasteiger partial charge >= 0.3 is 0 Å². The summed E-state index contributed by atoms with van der Waals surface area (Å²) in [5.41, 5.74) is 0.563. The van der Waals surface area contributed by atoms with Crippen molar-refractivity contribution in [3.05, 3.63) is 0 Å². The Labute approximate surface area is 55.3 Å². The number of nitrogens with one attached hydrogen (secondary N) is 1. The molecule has 2 N–H and O–H groups in total. The Morgan fingerprint density at radius 1 is 1.67 bits per heavy atom. The lowest BCUT2D eigenvalue weighted by atomic mass is 10.0. The molecule has 3 unspecified atom stereocenters. The van der Waals surface area contributed by atoms with Crippen molar-refractivity contribution >= 4 is 0 Å². The number of fused-ring (bicyclic) bond motifs is 1. The number of hydrogen-bond acceptors (Lipinski definition) is 2. The van der Waals surface area contributed by atoms with Gasteiger partial charge in [-0.15, -0.1) is 0 Å². The van der Waals surface area contributed by atoms with Crippen LogP contribution in [0.25, 0.3) is 0 Å². The summed E-state index contributed by atoms with van der Waals surface area (Å²) >= 11 is 0. The standard InChI is InChI=1S/C7H13NO/c1-7-2-5(4-9)8-6(7)3-7/h5-6,8-9H,2-4H2,1H3. The Bertz CT molecular complexity index is 137. The lowest BCUT2D eigenvalue weighted by Crippen LogP contribution is -2.28. The van der Waals surface area contributed by atoms with Gasteiger partial charge in [0.1, 0.15) is 0 Å². The first-order chi connectivity index (χ1) is 4.24. The summed E-state index contributed by atoms with van der Waals surface area (Å²) in [6.45, 7) is 2.60. The summed E-state index contributed by atoms with van der Waals surface area (Å²) in [6, 6.07) is 1.13. The predicted octanol–water partition coefficient (Wildman–Crippen LogP) is 0.119. The molecule has 0 aromatic heterocycles. The molecular formula is C7H13NO. The Morgan fingerprint density at radius 3 is 2.78 bits per heavy atom. The van der Waals surface area contributed by atoms with Crippen LogP contribution in [0.4, 0.5) is 0 Å². The topological polar surface area (TPSA) is 32.3 Å². The van der Waals surface area contributed by atoms with Gasteiger partial charge in [-0.1, -0.05) is 6.92 Å². The van der Waals surface area contributed by atoms with E-state index in [9.17, 15) is 0 Å². The van der Waals surface area contributed by atoms with Crippen LogP contribution in [0.1, 0.15) is 19.8 Å². The maximum atomic E-state index is 8.76. The Morgan fingerprint density at radius 2 is 2.44 bits per heavy atom. The van der Waals surface area contributed by atoms with E-state index in [0.717, 1.165) is 6.04 Å². The second kappa shape index (κ2) is 1.50. The van der Waals surface area contributed by atoms with Gasteiger partial charge in [0.25, 0.3) is 0 Å². The van der Waals surface area contributed by atoms with Crippen LogP contribution in [0.3, 0.4) is 0 Å². The fraction of sp³-hybridized carbons (Fsp3) is 1.00. The maximum absolute atomic E-state index is 8.76. The van der Waals surface area contributed by atoms with Crippen LogP contribution in [-0.2, 0) is 0 Å². The normalized spacial score (nSPS) is 55.3. The van der Waals surface area contributed by atoms with Gasteiger partial charge < -0.3 is 10.4 Å². The third-order valence-corrected chi connectivity index (χ3v) is 2.72. The first-order valence-electron chi connectivity index (χ1n) is 3.61. The van der Waals surface area contributed by atoms with E-state index in [4.69, 9.17) is 5.11 Å². The van der Waals surface area contributed by atoms with Gasteiger partial charge in [-0.05, 0) is 18.3 Å². The van der Waals surface area contributed by atoms with Crippen molar-refractivity contribution in [2.75, 3.05) is 6.61 Å². The van der Waals surface area contributed by atoms with E-state index in [1.807, 2.05) is 0 Å². The summed E-state index contributed by atoms with van der Waals surface area (Å²) in [7, 11) is 0. The van der Waals surface area contributed by atoms with Crippen molar-refractivity contribution in [3.63, 3.8) is 0 Å². The second-order valence-electron chi connectivity index (χ2n) is 3.66. The first kappa shape index (κ1) is 5.69. The average Bonchev–Trinajstić information content (AvgIpc) is 2.33. The number of piperidine rings is 1. The maximum Gasteiger partial charge on any atom is 0.0584 e. The number of aliphatic hydroxyl groups excluding tert-OH is 1. The number of hydrogen-bond donors (Lipinski definition) is 2. The summed E-state index contributed by atoms with van der Waals surface area (Å²) in [5.74, 6) is 0. The molecule has 0 radical (unpaired) electrons. The van der Waals surface area contributed by atoms with Crippen molar-refractivity contribution in [2.24, 2.45) is 5.41 Å². The predicted molar refractivity (Wildman–Crippen MR) is 35.1 cm³/mol. The summed E-state index contributed by atoms with van der Waals surface area (Å²) in [5, 5.41) is 12.1. The highest BCUT2D eigenvalue weighted by Gasteiger charge is 2.56. The lowest BCUT2D eigenvalue weighted by Gasteiger charge is -2.09. The minimum atomic E-state index is 0.312. The van der Waals surface area contributed by atoms with Crippen molar-refractivity contribution in [1.82, 2.24) is 5.32 Å². The van der Waals surface area contributed by atoms with E-state index in [1.165, 1.54) is 12.8 Å². The van der Waals surface area contributed by atoms with Crippen LogP contribution in [0.2, 0.25) is 0 Å². The fourth-order valence-electron chi connectivity index (χ4n) is 1.92. The molecule has 0 bridgehead atoms. The molecular weight excluding hydrogens is 114 g/mol. The molecule has 2 fully saturated rings. The molecule has 2 rings (SSSR count). The molecule has 3 atom stereocenters. The number of aliphatic hydroxyl groups is 1. The molecule has 1 saturated heterocycles. The van der Waals surface area contributed by atoms with Gasteiger partial charge in [-0.3, -0.25) is 0 Å². The number of rotatable bonds is 1. The molecule has 0 aromatic carbocycles. The van der Waals surface area contributed by atoms with E-state index in [2.05, 4.69) is 12.2 Å². The average molecular weight is 127 g/mol. The highest BCUT2D eigenvalue weighted by atomic mass is 16.3. The molecule has 0 aromatic rings. The molecule has 0 amide bonds. The van der Waals surface area contributed by atoms with Gasteiger partial charge in [0.15, 0.2) is 0 Å². The van der Waals surface area contributed by atoms with Crippen LogP contribution in [0.15, 0.2) is 0 Å². The van der Waals surface area contributed by atoms with Crippen LogP contribution < -0.4 is 5.32 Å². The highest BCUT2D eigenvalue weighted by Crippen LogP contribution is 2.53. The van der Waals surface area contributed by atoms with E-state index in [-0.39, 0.29) is 0 Å². The van der Waals surface area contributed by atoms with Gasteiger partial charge in [-0.25, -0.2) is 0 Å². The summed E-state index contributed by atoms with van der Waals surface area (Å²) in [4.78, 5) is 0. The van der Waals surface area contributed by atoms with Crippen molar-refractivity contribution in [3.8, 4) is 0 Å². The summed E-state index contributed by atoms with van der Waals surface area (Å²) in [6.07, 6.45) is 2.50. The van der Waals surface area contributed by atoms with Crippen LogP contribution >= 0.6 is 0 Å². The molecule has 1 saturated carbocycles. The van der Waals surface area contributed by atoms with Crippen molar-refractivity contribution < 1.29 is 5.11 Å². The Balaban J connectivity index is 1.98. The molecule has 9 heavy (non-hydrogen) atoms. The quantitative estimate of drug-likeness (QED) is 0.524. The van der Waals surface area contributed by atoms with Crippen molar-refractivity contribution in [2.45, 2.75) is 31.8 Å². The molecule has 0 spiro atoms. The van der Waals surface area contributed by atoms with Gasteiger partial charge in [-0.2, -0.15) is 0 Å². The molecule has 2 heteroatoms. The molecule has 2 aliphatic rings. The van der Waals surface area contributed by atoms with Gasteiger partial charge in [0, 0.05) is 12.1 Å². The van der Waals surface area contributed by atoms with E-state index >= 15 is 0 Å². The minimum Gasteiger partial charge on any atom is -0.395 e. The zero-order valence-electron chi connectivity index (χ0n) is 5.72. The Kier molecular flexibility index (Phi) is 0.945. The second-order valence-corrected chi connectivity index (χ2v) is 3.66. The van der Waals surface area contributed by atoms with E-state index in [0.29, 0.717) is 18.1 Å². The minimum absolute atomic E-state index is 0.312. The first-order valence-corrected chi connectivity index (χ1v) is 3.61. The molecule has 1 heterocycles. The lowest BCUT2D eigenvalue weighted by molar-refractivity contribution is 0.242. The van der Waals surface area contributed by atoms with Gasteiger partial charge in [0.05, 0.1) is 6.61 Å². The van der Waals surface area contributed by atoms with Crippen LogP contribution in [-0.4, -0.2) is 23.8 Å². The van der Waals surface area contributed by atoms with Crippen LogP contribution in [0.5, 0.6) is 0 Å². The molecule has 52 valence electrons. The molecule has 1 aliphatic carbocycles. The molecule has 2 nitrogen and oxygen atoms in total. The van der Waals surface area contributed by atoms with E-state index in [1.54, 1.807) is 0 Å². The van der Waals surface area contributed by atoms with Gasteiger partial charge in [0.2, 0.25) is 0 Å². The zero-order valence-corrected chi connectivity index (χ0v) is 5.72. The fourth-order valence-corrected chi connectivity index (χ4v) is 1.92. The zero-order chi connectivity index (χ0) is 6.48. The monoisotopic (exact) mass is 127 g/mol. The molecule has 1 aliphatic heterocycles. The SMILES string of the molecule is CC12CC(CO)NC1C2. The smallest absolute Gasteiger partial charge is 0.0584 e. The highest BCUT2D eigenvalue weighted by molar-refractivity contribution is 5.12. The summed E-state index contributed by atoms with van der Waals surface area (Å²) < 4.78 is 0. The van der Waals surface area contributed by atoms with E-state index < -0.39 is 0 Å².